The average Bonchev–Trinajstić information content (AvgIpc) is 2.94. The third-order valence-corrected chi connectivity index (χ3v) is 6.94. The van der Waals surface area contributed by atoms with E-state index >= 15 is 0 Å². The Kier molecular flexibility index (Phi) is 8.54. The van der Waals surface area contributed by atoms with Crippen molar-refractivity contribution < 1.29 is 14.3 Å². The number of nitrogens with one attached hydrogen (secondary N) is 1. The number of amides is 1. The molecule has 0 spiro atoms. The van der Waals surface area contributed by atoms with E-state index < -0.39 is 11.2 Å². The number of rotatable bonds is 10. The van der Waals surface area contributed by atoms with Crippen molar-refractivity contribution in [3.05, 3.63) is 103 Å². The van der Waals surface area contributed by atoms with E-state index in [1.54, 1.807) is 41.0 Å². The van der Waals surface area contributed by atoms with E-state index in [-0.39, 0.29) is 19.0 Å². The summed E-state index contributed by atoms with van der Waals surface area (Å²) in [6.45, 7) is 7.05. The highest BCUT2D eigenvalue weighted by molar-refractivity contribution is 5.94. The van der Waals surface area contributed by atoms with Crippen LogP contribution in [0.15, 0.2) is 64.2 Å². The Bertz CT molecular complexity index is 1620. The quantitative estimate of drug-likeness (QED) is 0.307. The van der Waals surface area contributed by atoms with Crippen LogP contribution in [0.1, 0.15) is 52.4 Å². The molecule has 0 atom stereocenters. The molecule has 0 fully saturated rings. The Balaban J connectivity index is 1.81. The normalized spacial score (nSPS) is 11.0. The summed E-state index contributed by atoms with van der Waals surface area (Å²) in [6, 6.07) is 16.4. The zero-order valence-corrected chi connectivity index (χ0v) is 23.2. The summed E-state index contributed by atoms with van der Waals surface area (Å²) in [5, 5.41) is 3.25. The van der Waals surface area contributed by atoms with Crippen molar-refractivity contribution in [1.82, 2.24) is 14.5 Å². The zero-order chi connectivity index (χ0) is 28.1. The van der Waals surface area contributed by atoms with E-state index in [0.29, 0.717) is 34.5 Å². The second-order valence-electron chi connectivity index (χ2n) is 9.72. The van der Waals surface area contributed by atoms with Crippen LogP contribution in [0.2, 0.25) is 0 Å². The molecule has 0 aliphatic carbocycles. The molecule has 8 nitrogen and oxygen atoms in total. The standard InChI is InChI=1S/C31H35N3O5/c1-6-7-14-32-29(35)23-12-10-22(11-13-23)18-34-30(36)25-16-27(38-4)28(39-5)17-26(25)33(31(34)37)19-24-15-20(2)8-9-21(24)3/h8-13,15-17H,6-7,14,18-19H2,1-5H3,(H,32,35). The topological polar surface area (TPSA) is 91.6 Å². The number of hydrogen-bond acceptors (Lipinski definition) is 5. The van der Waals surface area contributed by atoms with Gasteiger partial charge in [0.25, 0.3) is 11.5 Å². The number of aryl methyl sites for hydroxylation is 2. The zero-order valence-electron chi connectivity index (χ0n) is 23.2. The number of benzene rings is 3. The summed E-state index contributed by atoms with van der Waals surface area (Å²) in [5.41, 5.74) is 4.00. The first-order valence-electron chi connectivity index (χ1n) is 13.1. The van der Waals surface area contributed by atoms with Crippen LogP contribution in [0.25, 0.3) is 10.9 Å². The van der Waals surface area contributed by atoms with Crippen LogP contribution >= 0.6 is 0 Å². The molecular weight excluding hydrogens is 494 g/mol. The molecule has 0 unspecified atom stereocenters. The van der Waals surface area contributed by atoms with Crippen molar-refractivity contribution in [2.24, 2.45) is 0 Å². The average molecular weight is 530 g/mol. The Labute approximate surface area is 227 Å². The van der Waals surface area contributed by atoms with E-state index in [1.807, 2.05) is 32.0 Å². The highest BCUT2D eigenvalue weighted by atomic mass is 16.5. The number of methoxy groups -OCH3 is 2. The largest absolute Gasteiger partial charge is 0.493 e. The molecule has 204 valence electrons. The van der Waals surface area contributed by atoms with Crippen molar-refractivity contribution in [2.45, 2.75) is 46.7 Å². The van der Waals surface area contributed by atoms with Gasteiger partial charge in [0.2, 0.25) is 0 Å². The first-order valence-corrected chi connectivity index (χ1v) is 13.1. The van der Waals surface area contributed by atoms with Crippen LogP contribution in [0.4, 0.5) is 0 Å². The van der Waals surface area contributed by atoms with Gasteiger partial charge in [0, 0.05) is 18.2 Å². The van der Waals surface area contributed by atoms with Gasteiger partial charge in [-0.1, -0.05) is 49.2 Å². The first kappa shape index (κ1) is 27.7. The van der Waals surface area contributed by atoms with Gasteiger partial charge in [-0.3, -0.25) is 18.7 Å². The number of carbonyl (C=O) groups excluding carboxylic acids is 1. The van der Waals surface area contributed by atoms with Crippen LogP contribution in [-0.2, 0) is 13.1 Å². The molecule has 0 radical (unpaired) electrons. The lowest BCUT2D eigenvalue weighted by Gasteiger charge is -2.17. The van der Waals surface area contributed by atoms with E-state index in [4.69, 9.17) is 9.47 Å². The second kappa shape index (κ2) is 12.0. The molecule has 1 N–H and O–H groups in total. The SMILES string of the molecule is CCCCNC(=O)c1ccc(Cn2c(=O)c3cc(OC)c(OC)cc3n(Cc3cc(C)ccc3C)c2=O)cc1. The molecule has 8 heteroatoms. The highest BCUT2D eigenvalue weighted by Crippen LogP contribution is 2.30. The summed E-state index contributed by atoms with van der Waals surface area (Å²) in [7, 11) is 3.03. The van der Waals surface area contributed by atoms with Crippen LogP contribution in [0.5, 0.6) is 11.5 Å². The van der Waals surface area contributed by atoms with Gasteiger partial charge in [0.15, 0.2) is 11.5 Å². The molecule has 39 heavy (non-hydrogen) atoms. The molecule has 1 heterocycles. The predicted molar refractivity (Wildman–Crippen MR) is 153 cm³/mol. The number of ether oxygens (including phenoxy) is 2. The molecule has 0 bridgehead atoms. The number of fused-ring (bicyclic) bond motifs is 1. The van der Waals surface area contributed by atoms with Crippen molar-refractivity contribution >= 4 is 16.8 Å². The first-order chi connectivity index (χ1) is 18.8. The van der Waals surface area contributed by atoms with Gasteiger partial charge < -0.3 is 14.8 Å². The van der Waals surface area contributed by atoms with Gasteiger partial charge in [-0.25, -0.2) is 4.79 Å². The minimum absolute atomic E-state index is 0.0620. The van der Waals surface area contributed by atoms with Crippen molar-refractivity contribution in [1.29, 1.82) is 0 Å². The molecule has 0 aliphatic rings. The summed E-state index contributed by atoms with van der Waals surface area (Å²) in [6.07, 6.45) is 1.92. The Hall–Kier alpha value is -4.33. The molecule has 0 saturated heterocycles. The lowest BCUT2D eigenvalue weighted by molar-refractivity contribution is 0.0953. The number of nitrogens with zero attached hydrogens (tertiary/aromatic N) is 2. The van der Waals surface area contributed by atoms with Crippen LogP contribution in [0.3, 0.4) is 0 Å². The summed E-state index contributed by atoms with van der Waals surface area (Å²) in [5.74, 6) is 0.697. The predicted octanol–water partition coefficient (Wildman–Crippen LogP) is 4.42. The maximum atomic E-state index is 13.9. The summed E-state index contributed by atoms with van der Waals surface area (Å²) < 4.78 is 13.8. The van der Waals surface area contributed by atoms with E-state index in [1.165, 1.54) is 18.8 Å². The Morgan fingerprint density at radius 2 is 1.56 bits per heavy atom. The van der Waals surface area contributed by atoms with Gasteiger partial charge in [-0.2, -0.15) is 0 Å². The Morgan fingerprint density at radius 3 is 2.23 bits per heavy atom. The fourth-order valence-electron chi connectivity index (χ4n) is 4.60. The minimum atomic E-state index is -0.429. The van der Waals surface area contributed by atoms with E-state index in [9.17, 15) is 14.4 Å². The van der Waals surface area contributed by atoms with E-state index in [2.05, 4.69) is 12.2 Å². The number of carbonyl (C=O) groups is 1. The third-order valence-electron chi connectivity index (χ3n) is 6.94. The van der Waals surface area contributed by atoms with Crippen molar-refractivity contribution in [3.63, 3.8) is 0 Å². The fraction of sp³-hybridized carbons (Fsp3) is 0.323. The van der Waals surface area contributed by atoms with Crippen LogP contribution in [-0.4, -0.2) is 35.8 Å². The van der Waals surface area contributed by atoms with Gasteiger partial charge >= 0.3 is 5.69 Å². The molecular formula is C31H35N3O5. The molecule has 0 aliphatic heterocycles. The molecule has 1 amide bonds. The van der Waals surface area contributed by atoms with Gasteiger partial charge in [0.1, 0.15) is 0 Å². The maximum Gasteiger partial charge on any atom is 0.332 e. The third kappa shape index (κ3) is 5.90. The number of hydrogen-bond donors (Lipinski definition) is 1. The summed E-state index contributed by atoms with van der Waals surface area (Å²) >= 11 is 0. The minimum Gasteiger partial charge on any atom is -0.493 e. The lowest BCUT2D eigenvalue weighted by Crippen LogP contribution is -2.40. The smallest absolute Gasteiger partial charge is 0.332 e. The number of unbranched alkanes of at least 4 members (excludes halogenated alkanes) is 1. The second-order valence-corrected chi connectivity index (χ2v) is 9.72. The van der Waals surface area contributed by atoms with E-state index in [0.717, 1.165) is 35.1 Å². The van der Waals surface area contributed by atoms with Crippen LogP contribution < -0.4 is 26.0 Å². The molecule has 3 aromatic carbocycles. The molecule has 4 rings (SSSR count). The fourth-order valence-corrected chi connectivity index (χ4v) is 4.60. The Morgan fingerprint density at radius 1 is 0.872 bits per heavy atom. The lowest BCUT2D eigenvalue weighted by atomic mass is 10.1. The van der Waals surface area contributed by atoms with Crippen molar-refractivity contribution in [2.75, 3.05) is 20.8 Å². The van der Waals surface area contributed by atoms with Gasteiger partial charge in [-0.15, -0.1) is 0 Å². The van der Waals surface area contributed by atoms with Gasteiger partial charge in [-0.05, 0) is 55.2 Å². The summed E-state index contributed by atoms with van der Waals surface area (Å²) in [4.78, 5) is 39.9. The molecule has 4 aromatic rings. The van der Waals surface area contributed by atoms with Gasteiger partial charge in [0.05, 0.1) is 38.2 Å². The molecule has 0 saturated carbocycles. The highest BCUT2D eigenvalue weighted by Gasteiger charge is 2.18. The monoisotopic (exact) mass is 529 g/mol. The van der Waals surface area contributed by atoms with Crippen LogP contribution in [0, 0.1) is 13.8 Å². The molecule has 1 aromatic heterocycles. The van der Waals surface area contributed by atoms with Crippen molar-refractivity contribution in [3.8, 4) is 11.5 Å². The maximum absolute atomic E-state index is 13.9. The number of aromatic nitrogens is 2.